The summed E-state index contributed by atoms with van der Waals surface area (Å²) in [4.78, 5) is 45.9. The number of amides is 1. The summed E-state index contributed by atoms with van der Waals surface area (Å²) in [6.45, 7) is 1.51. The SMILES string of the molecule is COc1cc(C(CC(=O)NCCS(=O)(=O)N(C)CCc2ccccn2)C2=C(O)[C@@]3(Oc4c(Cl)c(OC)cc(OC)c4C3=O)[C@H](C)CC2=O)ccc1O. The first kappa shape index (κ1) is 38.4. The van der Waals surface area contributed by atoms with Crippen LogP contribution in [0.3, 0.4) is 0 Å². The molecule has 1 amide bonds. The van der Waals surface area contributed by atoms with Crippen molar-refractivity contribution in [3.63, 3.8) is 0 Å². The third-order valence-corrected chi connectivity index (χ3v) is 11.6. The van der Waals surface area contributed by atoms with Crippen molar-refractivity contribution in [1.82, 2.24) is 14.6 Å². The zero-order valence-electron chi connectivity index (χ0n) is 29.3. The van der Waals surface area contributed by atoms with Gasteiger partial charge in [0, 0.05) is 74.8 Å². The van der Waals surface area contributed by atoms with Crippen molar-refractivity contribution in [2.24, 2.45) is 5.92 Å². The summed E-state index contributed by atoms with van der Waals surface area (Å²) in [5, 5.41) is 25.0. The summed E-state index contributed by atoms with van der Waals surface area (Å²) in [5.41, 5.74) is -1.42. The van der Waals surface area contributed by atoms with Gasteiger partial charge in [0.15, 0.2) is 28.8 Å². The van der Waals surface area contributed by atoms with Crippen molar-refractivity contribution in [3.8, 4) is 28.7 Å². The van der Waals surface area contributed by atoms with E-state index in [1.54, 1.807) is 25.3 Å². The second-order valence-electron chi connectivity index (χ2n) is 12.5. The lowest BCUT2D eigenvalue weighted by Gasteiger charge is -2.38. The number of Topliss-reactive ketones (excluding diaryl/α,β-unsaturated/α-hetero) is 2. The highest BCUT2D eigenvalue weighted by molar-refractivity contribution is 7.89. The summed E-state index contributed by atoms with van der Waals surface area (Å²) >= 11 is 6.57. The van der Waals surface area contributed by atoms with Gasteiger partial charge in [-0.2, -0.15) is 0 Å². The van der Waals surface area contributed by atoms with Crippen LogP contribution in [0.1, 0.15) is 47.3 Å². The Kier molecular flexibility index (Phi) is 11.4. The molecule has 1 aliphatic carbocycles. The standard InChI is InChI=1S/C36H40ClN3O11S/c1-20-16-25(42)30(34(44)36(20)35(45)31-27(49-4)19-28(50-5)32(37)33(31)51-36)23(21-9-10-24(41)26(17-21)48-3)18-29(43)39-13-15-52(46,47)40(2)14-11-22-8-6-7-12-38-22/h6-10,12,17,19-20,23,41,44H,11,13-16,18H2,1-5H3,(H,39,43)/t20-,23?,36+/m1/s1. The van der Waals surface area contributed by atoms with Crippen LogP contribution in [-0.4, -0.2) is 98.2 Å². The summed E-state index contributed by atoms with van der Waals surface area (Å²) in [7, 11) is 1.71. The van der Waals surface area contributed by atoms with E-state index in [0.717, 1.165) is 5.69 Å². The molecule has 2 aliphatic rings. The number of ether oxygens (including phenoxy) is 4. The maximum Gasteiger partial charge on any atom is 0.231 e. The topological polar surface area (TPSA) is 191 Å². The number of nitrogens with one attached hydrogen (secondary N) is 1. The number of halogens is 1. The zero-order valence-corrected chi connectivity index (χ0v) is 30.8. The lowest BCUT2D eigenvalue weighted by atomic mass is 9.69. The molecule has 3 aromatic rings. The predicted molar refractivity (Wildman–Crippen MR) is 190 cm³/mol. The highest BCUT2D eigenvalue weighted by Crippen LogP contribution is 2.56. The molecule has 1 aromatic heterocycles. The fourth-order valence-electron chi connectivity index (χ4n) is 6.53. The van der Waals surface area contributed by atoms with E-state index < -0.39 is 62.9 Å². The molecule has 0 bridgehead atoms. The number of allylic oxidation sites excluding steroid dienone is 1. The van der Waals surface area contributed by atoms with Gasteiger partial charge in [-0.3, -0.25) is 19.4 Å². The molecule has 52 heavy (non-hydrogen) atoms. The van der Waals surface area contributed by atoms with Crippen molar-refractivity contribution < 1.29 is 52.0 Å². The number of ketones is 2. The van der Waals surface area contributed by atoms with Gasteiger partial charge in [0.05, 0.1) is 27.1 Å². The molecular weight excluding hydrogens is 718 g/mol. The summed E-state index contributed by atoms with van der Waals surface area (Å²) in [6.07, 6.45) is 1.31. The number of phenols is 1. The van der Waals surface area contributed by atoms with Gasteiger partial charge in [0.25, 0.3) is 0 Å². The van der Waals surface area contributed by atoms with Crippen molar-refractivity contribution in [2.45, 2.75) is 37.7 Å². The van der Waals surface area contributed by atoms with E-state index >= 15 is 0 Å². The molecule has 5 rings (SSSR count). The predicted octanol–water partition coefficient (Wildman–Crippen LogP) is 4.00. The Morgan fingerprint density at radius 2 is 1.81 bits per heavy atom. The largest absolute Gasteiger partial charge is 0.507 e. The molecule has 2 heterocycles. The highest BCUT2D eigenvalue weighted by atomic mass is 35.5. The number of aliphatic hydroxyl groups excluding tert-OH is 1. The fourth-order valence-corrected chi connectivity index (χ4v) is 7.83. The van der Waals surface area contributed by atoms with Gasteiger partial charge in [-0.05, 0) is 29.8 Å². The van der Waals surface area contributed by atoms with Crippen molar-refractivity contribution in [3.05, 3.63) is 81.8 Å². The number of benzene rings is 2. The zero-order chi connectivity index (χ0) is 38.0. The van der Waals surface area contributed by atoms with Crippen LogP contribution in [-0.2, 0) is 26.0 Å². The van der Waals surface area contributed by atoms with Gasteiger partial charge in [-0.25, -0.2) is 12.7 Å². The smallest absolute Gasteiger partial charge is 0.231 e. The molecule has 3 N–H and O–H groups in total. The van der Waals surface area contributed by atoms with E-state index in [-0.39, 0.29) is 70.0 Å². The minimum atomic E-state index is -3.77. The average molecular weight is 758 g/mol. The van der Waals surface area contributed by atoms with Crippen LogP contribution in [0.25, 0.3) is 0 Å². The second-order valence-corrected chi connectivity index (χ2v) is 15.1. The van der Waals surface area contributed by atoms with E-state index in [2.05, 4.69) is 10.3 Å². The van der Waals surface area contributed by atoms with Crippen LogP contribution in [0.4, 0.5) is 0 Å². The van der Waals surface area contributed by atoms with Crippen LogP contribution in [0.15, 0.2) is 60.0 Å². The molecule has 14 nitrogen and oxygen atoms in total. The molecule has 0 saturated heterocycles. The average Bonchev–Trinajstić information content (AvgIpc) is 3.44. The normalized spacial score (nSPS) is 19.0. The van der Waals surface area contributed by atoms with E-state index in [1.165, 1.54) is 56.9 Å². The third-order valence-electron chi connectivity index (χ3n) is 9.42. The third kappa shape index (κ3) is 7.12. The monoisotopic (exact) mass is 757 g/mol. The number of hydrogen-bond acceptors (Lipinski definition) is 12. The van der Waals surface area contributed by atoms with Gasteiger partial charge in [0.2, 0.25) is 27.3 Å². The number of aliphatic hydroxyl groups is 1. The lowest BCUT2D eigenvalue weighted by molar-refractivity contribution is -0.121. The first-order valence-electron chi connectivity index (χ1n) is 16.3. The van der Waals surface area contributed by atoms with Gasteiger partial charge in [-0.1, -0.05) is 30.7 Å². The number of carbonyl (C=O) groups is 3. The van der Waals surface area contributed by atoms with Gasteiger partial charge >= 0.3 is 0 Å². The molecule has 0 radical (unpaired) electrons. The Bertz CT molecular complexity index is 2020. The van der Waals surface area contributed by atoms with Crippen LogP contribution >= 0.6 is 11.6 Å². The second kappa shape index (κ2) is 15.4. The Morgan fingerprint density at radius 3 is 2.46 bits per heavy atom. The van der Waals surface area contributed by atoms with E-state index in [9.17, 15) is 33.0 Å². The number of aromatic nitrogens is 1. The first-order chi connectivity index (χ1) is 24.7. The minimum Gasteiger partial charge on any atom is -0.507 e. The lowest BCUT2D eigenvalue weighted by Crippen LogP contribution is -2.53. The number of hydrogen-bond donors (Lipinski definition) is 3. The van der Waals surface area contributed by atoms with Crippen molar-refractivity contribution in [1.29, 1.82) is 0 Å². The number of nitrogens with zero attached hydrogens (tertiary/aromatic N) is 2. The van der Waals surface area contributed by atoms with Crippen molar-refractivity contribution >= 4 is 39.1 Å². The molecule has 1 aliphatic heterocycles. The Labute approximate surface area is 306 Å². The molecule has 0 fully saturated rings. The number of carbonyl (C=O) groups excluding carboxylic acids is 3. The molecule has 16 heteroatoms. The number of rotatable bonds is 14. The number of fused-ring (bicyclic) bond motifs is 1. The quantitative estimate of drug-likeness (QED) is 0.215. The van der Waals surface area contributed by atoms with Gasteiger partial charge in [0.1, 0.15) is 22.1 Å². The fraction of sp³-hybridized carbons (Fsp3) is 0.389. The Morgan fingerprint density at radius 1 is 1.10 bits per heavy atom. The molecular formula is C36H40ClN3O11S. The van der Waals surface area contributed by atoms with E-state index in [4.69, 9.17) is 30.5 Å². The number of methoxy groups -OCH3 is 3. The number of likely N-dealkylation sites (N-methyl/N-ethyl adjacent to an activating group) is 1. The van der Waals surface area contributed by atoms with Crippen molar-refractivity contribution in [2.75, 3.05) is 47.2 Å². The van der Waals surface area contributed by atoms with E-state index in [0.29, 0.717) is 6.42 Å². The number of sulfonamides is 1. The summed E-state index contributed by atoms with van der Waals surface area (Å²) < 4.78 is 49.5. The maximum absolute atomic E-state index is 14.3. The minimum absolute atomic E-state index is 0.0263. The summed E-state index contributed by atoms with van der Waals surface area (Å²) in [5.74, 6) is -5.18. The molecule has 2 aromatic carbocycles. The molecule has 1 spiro atoms. The number of pyridine rings is 1. The van der Waals surface area contributed by atoms with Crippen LogP contribution in [0.2, 0.25) is 5.02 Å². The molecule has 278 valence electrons. The Hall–Kier alpha value is -4.86. The van der Waals surface area contributed by atoms with Crippen LogP contribution in [0.5, 0.6) is 28.7 Å². The summed E-state index contributed by atoms with van der Waals surface area (Å²) in [6, 6.07) is 10.9. The molecule has 1 unspecified atom stereocenters. The Balaban J connectivity index is 1.46. The number of aromatic hydroxyl groups is 1. The highest BCUT2D eigenvalue weighted by Gasteiger charge is 2.61. The van der Waals surface area contributed by atoms with Crippen LogP contribution in [0, 0.1) is 5.92 Å². The first-order valence-corrected chi connectivity index (χ1v) is 18.3. The van der Waals surface area contributed by atoms with Gasteiger partial charge in [-0.15, -0.1) is 0 Å². The maximum atomic E-state index is 14.3. The van der Waals surface area contributed by atoms with E-state index in [1.807, 2.05) is 6.07 Å². The molecule has 3 atom stereocenters. The molecule has 0 saturated carbocycles. The van der Waals surface area contributed by atoms with Gasteiger partial charge < -0.3 is 34.5 Å². The van der Waals surface area contributed by atoms with Crippen LogP contribution < -0.4 is 24.3 Å². The number of phenolic OH excluding ortho intramolecular Hbond substituents is 1.